The Morgan fingerprint density at radius 2 is 2.25 bits per heavy atom. The van der Waals surface area contributed by atoms with Crippen molar-refractivity contribution in [2.75, 3.05) is 7.11 Å². The van der Waals surface area contributed by atoms with Crippen molar-refractivity contribution in [2.45, 2.75) is 12.6 Å². The van der Waals surface area contributed by atoms with Crippen LogP contribution in [0.1, 0.15) is 22.4 Å². The highest BCUT2D eigenvalue weighted by atomic mass is 79.9. The number of hydrogen-bond acceptors (Lipinski definition) is 4. The summed E-state index contributed by atoms with van der Waals surface area (Å²) in [5, 5.41) is 0. The molecule has 0 aliphatic carbocycles. The van der Waals surface area contributed by atoms with Gasteiger partial charge in [0, 0.05) is 12.0 Å². The molecule has 0 saturated carbocycles. The summed E-state index contributed by atoms with van der Waals surface area (Å²) in [5.74, 6) is 1.56. The van der Waals surface area contributed by atoms with Crippen LogP contribution in [0, 0.1) is 0 Å². The van der Waals surface area contributed by atoms with Crippen molar-refractivity contribution in [1.82, 2.24) is 0 Å². The van der Waals surface area contributed by atoms with Gasteiger partial charge < -0.3 is 14.9 Å². The maximum absolute atomic E-state index is 6.09. The zero-order valence-corrected chi connectivity index (χ0v) is 11.2. The number of hydrogen-bond donors (Lipinski definition) is 1. The van der Waals surface area contributed by atoms with Gasteiger partial charge in [-0.3, -0.25) is 0 Å². The predicted octanol–water partition coefficient (Wildman–Crippen LogP) is 3.30. The summed E-state index contributed by atoms with van der Waals surface area (Å²) < 4.78 is 11.7. The van der Waals surface area contributed by atoms with Gasteiger partial charge in [-0.15, -0.1) is 11.3 Å². The first kappa shape index (κ1) is 11.9. The van der Waals surface area contributed by atoms with E-state index in [-0.39, 0.29) is 6.04 Å². The highest BCUT2D eigenvalue weighted by Gasteiger charge is 2.15. The van der Waals surface area contributed by atoms with Crippen molar-refractivity contribution in [2.24, 2.45) is 5.73 Å². The van der Waals surface area contributed by atoms with Gasteiger partial charge in [0.1, 0.15) is 18.1 Å². The second kappa shape index (κ2) is 5.14. The highest BCUT2D eigenvalue weighted by molar-refractivity contribution is 9.11. The standard InChI is InChI=1S/C11H12BrNO2S/c1-14-6-7-2-3-8(15-7)11(13)9-4-5-10(12)16-9/h2-5,11H,6,13H2,1H3. The number of nitrogens with two attached hydrogens (primary N) is 1. The molecule has 5 heteroatoms. The van der Waals surface area contributed by atoms with Crippen LogP contribution in [0.5, 0.6) is 0 Å². The molecule has 0 amide bonds. The van der Waals surface area contributed by atoms with E-state index in [0.717, 1.165) is 20.2 Å². The van der Waals surface area contributed by atoms with Gasteiger partial charge in [0.25, 0.3) is 0 Å². The Kier molecular flexibility index (Phi) is 3.81. The van der Waals surface area contributed by atoms with E-state index in [4.69, 9.17) is 14.9 Å². The second-order valence-electron chi connectivity index (χ2n) is 3.36. The van der Waals surface area contributed by atoms with Crippen LogP contribution in [0.2, 0.25) is 0 Å². The van der Waals surface area contributed by atoms with Gasteiger partial charge in [0.05, 0.1) is 9.83 Å². The summed E-state index contributed by atoms with van der Waals surface area (Å²) in [5.41, 5.74) is 6.09. The molecule has 2 aromatic rings. The number of methoxy groups -OCH3 is 1. The van der Waals surface area contributed by atoms with Gasteiger partial charge in [-0.05, 0) is 40.2 Å². The van der Waals surface area contributed by atoms with E-state index in [1.54, 1.807) is 18.4 Å². The van der Waals surface area contributed by atoms with Crippen molar-refractivity contribution in [3.8, 4) is 0 Å². The Balaban J connectivity index is 2.17. The molecule has 2 aromatic heterocycles. The van der Waals surface area contributed by atoms with Crippen molar-refractivity contribution >= 4 is 27.3 Å². The van der Waals surface area contributed by atoms with Crippen molar-refractivity contribution < 1.29 is 9.15 Å². The van der Waals surface area contributed by atoms with Crippen LogP contribution in [0.3, 0.4) is 0 Å². The smallest absolute Gasteiger partial charge is 0.129 e. The lowest BCUT2D eigenvalue weighted by atomic mass is 10.2. The normalized spacial score (nSPS) is 12.9. The van der Waals surface area contributed by atoms with Crippen molar-refractivity contribution in [1.29, 1.82) is 0 Å². The quantitative estimate of drug-likeness (QED) is 0.942. The van der Waals surface area contributed by atoms with Crippen molar-refractivity contribution in [3.05, 3.63) is 44.4 Å². The molecule has 0 aromatic carbocycles. The molecule has 0 radical (unpaired) electrons. The minimum atomic E-state index is -0.207. The molecule has 86 valence electrons. The first-order chi connectivity index (χ1) is 7.70. The number of halogens is 1. The van der Waals surface area contributed by atoms with Crippen LogP contribution in [0.4, 0.5) is 0 Å². The minimum Gasteiger partial charge on any atom is -0.462 e. The van der Waals surface area contributed by atoms with Crippen LogP contribution >= 0.6 is 27.3 Å². The van der Waals surface area contributed by atoms with Gasteiger partial charge >= 0.3 is 0 Å². The molecule has 2 rings (SSSR count). The third-order valence-corrected chi connectivity index (χ3v) is 3.88. The molecule has 1 unspecified atom stereocenters. The summed E-state index contributed by atoms with van der Waals surface area (Å²) in [6.07, 6.45) is 0. The minimum absolute atomic E-state index is 0.207. The fourth-order valence-corrected chi connectivity index (χ4v) is 2.85. The lowest BCUT2D eigenvalue weighted by molar-refractivity contribution is 0.162. The topological polar surface area (TPSA) is 48.4 Å². The molecule has 0 spiro atoms. The Bertz CT molecular complexity index is 466. The van der Waals surface area contributed by atoms with Crippen LogP contribution in [0.25, 0.3) is 0 Å². The predicted molar refractivity (Wildman–Crippen MR) is 67.5 cm³/mol. The van der Waals surface area contributed by atoms with E-state index < -0.39 is 0 Å². The molecule has 16 heavy (non-hydrogen) atoms. The Labute approximate surface area is 106 Å². The maximum Gasteiger partial charge on any atom is 0.129 e. The first-order valence-corrected chi connectivity index (χ1v) is 6.40. The van der Waals surface area contributed by atoms with Gasteiger partial charge in [-0.2, -0.15) is 0 Å². The molecule has 0 aliphatic heterocycles. The number of ether oxygens (including phenoxy) is 1. The van der Waals surface area contributed by atoms with Gasteiger partial charge in [0.15, 0.2) is 0 Å². The number of thiophene rings is 1. The molecule has 2 N–H and O–H groups in total. The zero-order valence-electron chi connectivity index (χ0n) is 8.77. The molecule has 3 nitrogen and oxygen atoms in total. The zero-order chi connectivity index (χ0) is 11.5. The van der Waals surface area contributed by atoms with E-state index in [1.807, 2.05) is 24.3 Å². The molecule has 0 fully saturated rings. The highest BCUT2D eigenvalue weighted by Crippen LogP contribution is 2.30. The molecular weight excluding hydrogens is 290 g/mol. The molecule has 2 heterocycles. The fourth-order valence-electron chi connectivity index (χ4n) is 1.42. The summed E-state index contributed by atoms with van der Waals surface area (Å²) in [6.45, 7) is 0.473. The SMILES string of the molecule is COCc1ccc(C(N)c2ccc(Br)s2)o1. The fraction of sp³-hybridized carbons (Fsp3) is 0.273. The summed E-state index contributed by atoms with van der Waals surface area (Å²) in [7, 11) is 1.64. The first-order valence-electron chi connectivity index (χ1n) is 4.79. The molecular formula is C11H12BrNO2S. The molecule has 0 bridgehead atoms. The van der Waals surface area contributed by atoms with E-state index in [1.165, 1.54) is 0 Å². The Morgan fingerprint density at radius 1 is 1.44 bits per heavy atom. The largest absolute Gasteiger partial charge is 0.462 e. The molecule has 0 aliphatic rings. The number of rotatable bonds is 4. The van der Waals surface area contributed by atoms with Gasteiger partial charge in [-0.1, -0.05) is 0 Å². The van der Waals surface area contributed by atoms with E-state index in [9.17, 15) is 0 Å². The Hall–Kier alpha value is -0.620. The molecule has 1 atom stereocenters. The summed E-state index contributed by atoms with van der Waals surface area (Å²) >= 11 is 5.03. The third-order valence-electron chi connectivity index (χ3n) is 2.18. The number of furan rings is 1. The third kappa shape index (κ3) is 2.55. The lowest BCUT2D eigenvalue weighted by Crippen LogP contribution is -2.08. The average Bonchev–Trinajstić information content (AvgIpc) is 2.87. The van der Waals surface area contributed by atoms with E-state index in [2.05, 4.69) is 15.9 Å². The van der Waals surface area contributed by atoms with E-state index >= 15 is 0 Å². The van der Waals surface area contributed by atoms with Crippen LogP contribution in [-0.4, -0.2) is 7.11 Å². The molecule has 0 saturated heterocycles. The maximum atomic E-state index is 6.09. The van der Waals surface area contributed by atoms with Crippen LogP contribution in [-0.2, 0) is 11.3 Å². The van der Waals surface area contributed by atoms with Gasteiger partial charge in [0.2, 0.25) is 0 Å². The van der Waals surface area contributed by atoms with Crippen LogP contribution in [0.15, 0.2) is 32.5 Å². The summed E-state index contributed by atoms with van der Waals surface area (Å²) in [4.78, 5) is 1.07. The Morgan fingerprint density at radius 3 is 2.88 bits per heavy atom. The van der Waals surface area contributed by atoms with Crippen LogP contribution < -0.4 is 5.73 Å². The second-order valence-corrected chi connectivity index (χ2v) is 5.85. The summed E-state index contributed by atoms with van der Waals surface area (Å²) in [6, 6.07) is 7.56. The van der Waals surface area contributed by atoms with Gasteiger partial charge in [-0.25, -0.2) is 0 Å². The average molecular weight is 302 g/mol. The van der Waals surface area contributed by atoms with E-state index in [0.29, 0.717) is 6.61 Å². The lowest BCUT2D eigenvalue weighted by Gasteiger charge is -2.05. The van der Waals surface area contributed by atoms with Crippen molar-refractivity contribution in [3.63, 3.8) is 0 Å². The monoisotopic (exact) mass is 301 g/mol.